The second kappa shape index (κ2) is 10.4. The fraction of sp³-hybridized carbons (Fsp3) is 0.240. The van der Waals surface area contributed by atoms with Gasteiger partial charge < -0.3 is 9.47 Å². The van der Waals surface area contributed by atoms with Crippen LogP contribution in [0.4, 0.5) is 0 Å². The minimum absolute atomic E-state index is 0.0359. The van der Waals surface area contributed by atoms with Gasteiger partial charge in [-0.15, -0.1) is 0 Å². The van der Waals surface area contributed by atoms with Crippen molar-refractivity contribution in [1.82, 2.24) is 5.32 Å². The SMILES string of the molecule is COC(=O)[C@H](Cc1ccc(OCc2ccccc2)cc1)NC(C)c1ccccc1. The molecule has 0 fully saturated rings. The van der Waals surface area contributed by atoms with Gasteiger partial charge in [0.15, 0.2) is 0 Å². The first-order chi connectivity index (χ1) is 14.2. The quantitative estimate of drug-likeness (QED) is 0.539. The highest BCUT2D eigenvalue weighted by atomic mass is 16.5. The van der Waals surface area contributed by atoms with Gasteiger partial charge in [0.05, 0.1) is 7.11 Å². The molecular weight excluding hydrogens is 362 g/mol. The molecule has 0 heterocycles. The predicted octanol–water partition coefficient (Wildman–Crippen LogP) is 4.70. The number of carbonyl (C=O) groups is 1. The average Bonchev–Trinajstić information content (AvgIpc) is 2.78. The topological polar surface area (TPSA) is 47.6 Å². The lowest BCUT2D eigenvalue weighted by Crippen LogP contribution is -2.40. The van der Waals surface area contributed by atoms with E-state index in [2.05, 4.69) is 5.32 Å². The monoisotopic (exact) mass is 389 g/mol. The molecule has 0 bridgehead atoms. The summed E-state index contributed by atoms with van der Waals surface area (Å²) < 4.78 is 10.8. The molecule has 2 atom stereocenters. The molecule has 0 aliphatic heterocycles. The van der Waals surface area contributed by atoms with Crippen molar-refractivity contribution in [1.29, 1.82) is 0 Å². The van der Waals surface area contributed by atoms with Crippen molar-refractivity contribution in [2.45, 2.75) is 32.0 Å². The Bertz CT molecular complexity index is 879. The summed E-state index contributed by atoms with van der Waals surface area (Å²) in [7, 11) is 1.42. The van der Waals surface area contributed by atoms with Crippen molar-refractivity contribution in [3.05, 3.63) is 102 Å². The Hall–Kier alpha value is -3.11. The molecule has 150 valence electrons. The van der Waals surface area contributed by atoms with Crippen LogP contribution in [0.5, 0.6) is 5.75 Å². The summed E-state index contributed by atoms with van der Waals surface area (Å²) in [5, 5.41) is 3.39. The molecule has 0 aromatic heterocycles. The van der Waals surface area contributed by atoms with Crippen LogP contribution in [-0.2, 0) is 22.6 Å². The standard InChI is InChI=1S/C25H27NO3/c1-19(22-11-7-4-8-12-22)26-24(25(27)28-2)17-20-13-15-23(16-14-20)29-18-21-9-5-3-6-10-21/h3-16,19,24,26H,17-18H2,1-2H3/t19?,24-/m0/s1. The highest BCUT2D eigenvalue weighted by molar-refractivity contribution is 5.76. The van der Waals surface area contributed by atoms with Gasteiger partial charge in [0.2, 0.25) is 0 Å². The molecule has 0 amide bonds. The summed E-state index contributed by atoms with van der Waals surface area (Å²) in [6.07, 6.45) is 0.544. The van der Waals surface area contributed by atoms with E-state index in [-0.39, 0.29) is 12.0 Å². The van der Waals surface area contributed by atoms with E-state index >= 15 is 0 Å². The fourth-order valence-corrected chi connectivity index (χ4v) is 3.19. The maximum Gasteiger partial charge on any atom is 0.323 e. The van der Waals surface area contributed by atoms with Crippen LogP contribution in [0.1, 0.15) is 29.7 Å². The number of nitrogens with one attached hydrogen (secondary N) is 1. The summed E-state index contributed by atoms with van der Waals surface area (Å²) in [4.78, 5) is 12.3. The fourth-order valence-electron chi connectivity index (χ4n) is 3.19. The number of methoxy groups -OCH3 is 1. The zero-order valence-corrected chi connectivity index (χ0v) is 16.9. The largest absolute Gasteiger partial charge is 0.489 e. The Morgan fingerprint density at radius 2 is 1.48 bits per heavy atom. The second-order valence-corrected chi connectivity index (χ2v) is 7.00. The molecule has 4 heteroatoms. The number of hydrogen-bond donors (Lipinski definition) is 1. The highest BCUT2D eigenvalue weighted by Crippen LogP contribution is 2.18. The minimum Gasteiger partial charge on any atom is -0.489 e. The minimum atomic E-state index is -0.425. The highest BCUT2D eigenvalue weighted by Gasteiger charge is 2.22. The van der Waals surface area contributed by atoms with E-state index in [4.69, 9.17) is 9.47 Å². The van der Waals surface area contributed by atoms with Gasteiger partial charge in [0, 0.05) is 6.04 Å². The van der Waals surface area contributed by atoms with Crippen molar-refractivity contribution in [2.24, 2.45) is 0 Å². The number of hydrogen-bond acceptors (Lipinski definition) is 4. The van der Waals surface area contributed by atoms with Gasteiger partial charge in [-0.1, -0.05) is 72.8 Å². The Labute approximate surface area is 172 Å². The van der Waals surface area contributed by atoms with Crippen molar-refractivity contribution < 1.29 is 14.3 Å². The van der Waals surface area contributed by atoms with Gasteiger partial charge in [-0.25, -0.2) is 0 Å². The predicted molar refractivity (Wildman–Crippen MR) is 115 cm³/mol. The van der Waals surface area contributed by atoms with Crippen LogP contribution in [0.2, 0.25) is 0 Å². The first-order valence-corrected chi connectivity index (χ1v) is 9.80. The van der Waals surface area contributed by atoms with Crippen molar-refractivity contribution in [3.63, 3.8) is 0 Å². The lowest BCUT2D eigenvalue weighted by Gasteiger charge is -2.22. The summed E-state index contributed by atoms with van der Waals surface area (Å²) in [5.74, 6) is 0.537. The zero-order valence-electron chi connectivity index (χ0n) is 16.9. The molecule has 29 heavy (non-hydrogen) atoms. The lowest BCUT2D eigenvalue weighted by atomic mass is 10.0. The molecule has 0 radical (unpaired) electrons. The summed E-state index contributed by atoms with van der Waals surface area (Å²) in [5.41, 5.74) is 3.30. The molecule has 1 unspecified atom stereocenters. The molecular formula is C25H27NO3. The average molecular weight is 389 g/mol. The number of rotatable bonds is 9. The van der Waals surface area contributed by atoms with Crippen molar-refractivity contribution in [2.75, 3.05) is 7.11 Å². The van der Waals surface area contributed by atoms with E-state index in [1.165, 1.54) is 7.11 Å². The third-order valence-electron chi connectivity index (χ3n) is 4.85. The zero-order chi connectivity index (χ0) is 20.5. The van der Waals surface area contributed by atoms with E-state index < -0.39 is 6.04 Å². The third-order valence-corrected chi connectivity index (χ3v) is 4.85. The third kappa shape index (κ3) is 6.19. The summed E-state index contributed by atoms with van der Waals surface area (Å²) in [6, 6.07) is 27.6. The number of carbonyl (C=O) groups excluding carboxylic acids is 1. The lowest BCUT2D eigenvalue weighted by molar-refractivity contribution is -0.143. The van der Waals surface area contributed by atoms with Crippen LogP contribution >= 0.6 is 0 Å². The Balaban J connectivity index is 1.61. The summed E-state index contributed by atoms with van der Waals surface area (Å²) in [6.45, 7) is 2.58. The number of benzene rings is 3. The van der Waals surface area contributed by atoms with Crippen molar-refractivity contribution in [3.8, 4) is 5.75 Å². The Kier molecular flexibility index (Phi) is 7.42. The van der Waals surface area contributed by atoms with Crippen molar-refractivity contribution >= 4 is 5.97 Å². The molecule has 0 saturated heterocycles. The normalized spacial score (nSPS) is 12.8. The maximum atomic E-state index is 12.3. The molecule has 1 N–H and O–H groups in total. The molecule has 0 aliphatic carbocycles. The molecule has 4 nitrogen and oxygen atoms in total. The van der Waals surface area contributed by atoms with Gasteiger partial charge in [-0.2, -0.15) is 0 Å². The second-order valence-electron chi connectivity index (χ2n) is 7.00. The van der Waals surface area contributed by atoms with Crippen LogP contribution in [0.25, 0.3) is 0 Å². The van der Waals surface area contributed by atoms with Crippen LogP contribution in [0.15, 0.2) is 84.9 Å². The molecule has 3 aromatic rings. The Morgan fingerprint density at radius 1 is 0.862 bits per heavy atom. The van der Waals surface area contributed by atoms with E-state index in [9.17, 15) is 4.79 Å². The number of ether oxygens (including phenoxy) is 2. The number of esters is 1. The molecule has 0 aliphatic rings. The smallest absolute Gasteiger partial charge is 0.323 e. The van der Waals surface area contributed by atoms with Gasteiger partial charge in [0.25, 0.3) is 0 Å². The first kappa shape index (κ1) is 20.6. The molecule has 0 spiro atoms. The van der Waals surface area contributed by atoms with E-state index in [1.807, 2.05) is 91.9 Å². The van der Waals surface area contributed by atoms with Crippen LogP contribution in [0, 0.1) is 0 Å². The van der Waals surface area contributed by atoms with E-state index in [1.54, 1.807) is 0 Å². The van der Waals surface area contributed by atoms with E-state index in [0.29, 0.717) is 13.0 Å². The first-order valence-electron chi connectivity index (χ1n) is 9.80. The Morgan fingerprint density at radius 3 is 2.10 bits per heavy atom. The van der Waals surface area contributed by atoms with Crippen LogP contribution in [-0.4, -0.2) is 19.1 Å². The summed E-state index contributed by atoms with van der Waals surface area (Å²) >= 11 is 0. The van der Waals surface area contributed by atoms with Crippen LogP contribution < -0.4 is 10.1 Å². The van der Waals surface area contributed by atoms with Gasteiger partial charge >= 0.3 is 5.97 Å². The van der Waals surface area contributed by atoms with E-state index in [0.717, 1.165) is 22.4 Å². The van der Waals surface area contributed by atoms with Gasteiger partial charge in [-0.05, 0) is 42.2 Å². The van der Waals surface area contributed by atoms with Crippen LogP contribution in [0.3, 0.4) is 0 Å². The van der Waals surface area contributed by atoms with Gasteiger partial charge in [-0.3, -0.25) is 10.1 Å². The molecule has 3 aromatic carbocycles. The molecule has 3 rings (SSSR count). The van der Waals surface area contributed by atoms with Gasteiger partial charge in [0.1, 0.15) is 18.4 Å². The molecule has 0 saturated carbocycles. The maximum absolute atomic E-state index is 12.3.